The van der Waals surface area contributed by atoms with Gasteiger partial charge in [-0.15, -0.1) is 0 Å². The Kier molecular flexibility index (Phi) is 7.98. The largest absolute Gasteiger partial charge is 0.473 e. The van der Waals surface area contributed by atoms with Crippen molar-refractivity contribution in [2.45, 2.75) is 59.7 Å². The van der Waals surface area contributed by atoms with Crippen LogP contribution in [0, 0.1) is 0 Å². The first-order chi connectivity index (χ1) is 22.9. The second kappa shape index (κ2) is 12.2. The first kappa shape index (κ1) is 30.8. The molecule has 2 bridgehead atoms. The van der Waals surface area contributed by atoms with E-state index in [0.29, 0.717) is 5.57 Å². The Morgan fingerprint density at radius 2 is 1.26 bits per heavy atom. The second-order valence-electron chi connectivity index (χ2n) is 12.0. The van der Waals surface area contributed by atoms with Crippen LogP contribution in [0.1, 0.15) is 24.0 Å². The minimum atomic E-state index is -1.32. The van der Waals surface area contributed by atoms with Crippen molar-refractivity contribution in [3.05, 3.63) is 120 Å². The van der Waals surface area contributed by atoms with Gasteiger partial charge in [-0.2, -0.15) is 0 Å². The summed E-state index contributed by atoms with van der Waals surface area (Å²) in [5.41, 5.74) is 3.20. The van der Waals surface area contributed by atoms with Gasteiger partial charge < -0.3 is 24.0 Å². The highest BCUT2D eigenvalue weighted by Gasteiger charge is 2.75. The maximum absolute atomic E-state index is 15.1. The number of fused-ring (bicyclic) bond motifs is 5. The normalized spacial score (nSPS) is 31.7. The van der Waals surface area contributed by atoms with Gasteiger partial charge in [-0.1, -0.05) is 72.8 Å². The van der Waals surface area contributed by atoms with Crippen LogP contribution in [-0.2, 0) is 46.2 Å². The predicted molar refractivity (Wildman–Crippen MR) is 182 cm³/mol. The highest BCUT2D eigenvalue weighted by Crippen LogP contribution is 2.69. The molecule has 0 radical (unpaired) electrons. The van der Waals surface area contributed by atoms with Gasteiger partial charge >= 0.3 is 11.9 Å². The fourth-order valence-corrected chi connectivity index (χ4v) is 15.0. The highest BCUT2D eigenvalue weighted by molar-refractivity contribution is 9.26. The van der Waals surface area contributed by atoms with Crippen molar-refractivity contribution in [1.29, 1.82) is 0 Å². The monoisotopic (exact) mass is 704 g/mol. The maximum Gasteiger partial charge on any atom is 0.310 e. The number of benzene rings is 2. The number of ether oxygens (including phenoxy) is 3. The molecule has 5 saturated heterocycles. The lowest BCUT2D eigenvalue weighted by Gasteiger charge is -2.55. The number of amides is 2. The molecule has 9 rings (SSSR count). The summed E-state index contributed by atoms with van der Waals surface area (Å²) >= 11 is 0. The molecule has 5 fully saturated rings. The summed E-state index contributed by atoms with van der Waals surface area (Å²) in [7, 11) is 5.61. The Balaban J connectivity index is 1.12. The molecule has 2 aromatic rings. The zero-order valence-electron chi connectivity index (χ0n) is 24.8. The number of hydrogen-bond acceptors (Lipinski definition) is 11. The van der Waals surface area contributed by atoms with Gasteiger partial charge in [0.15, 0.2) is 9.74 Å². The molecule has 13 heteroatoms. The van der Waals surface area contributed by atoms with E-state index < -0.39 is 46.0 Å². The summed E-state index contributed by atoms with van der Waals surface area (Å²) in [6.07, 6.45) is 9.25. The van der Waals surface area contributed by atoms with Gasteiger partial charge in [0.1, 0.15) is 12.2 Å². The van der Waals surface area contributed by atoms with Crippen molar-refractivity contribution in [2.24, 2.45) is 0 Å². The van der Waals surface area contributed by atoms with Crippen LogP contribution in [0.3, 0.4) is 0 Å². The number of allylic oxidation sites excluding steroid dienone is 2. The van der Waals surface area contributed by atoms with E-state index in [1.165, 1.54) is 47.5 Å². The summed E-state index contributed by atoms with van der Waals surface area (Å²) < 4.78 is 17.7. The fraction of sp³-hybridized carbons (Fsp3) is 0.294. The molecule has 0 saturated carbocycles. The summed E-state index contributed by atoms with van der Waals surface area (Å²) in [6, 6.07) is 17.3. The third-order valence-corrected chi connectivity index (χ3v) is 16.4. The smallest absolute Gasteiger partial charge is 0.310 e. The first-order valence-corrected chi connectivity index (χ1v) is 19.9. The standard InChI is InChI=1S/C34H28N2O7S4/c37-27(16-21-8-3-1-4-9-21)42-25-13-7-12-23-18-33-31(39)36-30-24(19-34(36,45-47-46-44-33)32(40)35(33)29(23)25)20-41-15-14-26(30)43-28(38)17-22-10-5-2-6-11-22/h1-15,20,25-26,29-30H,16-19H2. The molecule has 2 aromatic carbocycles. The van der Waals surface area contributed by atoms with E-state index in [1.807, 2.05) is 72.8 Å². The quantitative estimate of drug-likeness (QED) is 0.281. The number of nitrogens with zero attached hydrogens (tertiary/aromatic N) is 2. The summed E-state index contributed by atoms with van der Waals surface area (Å²) in [5, 5.41) is 0. The van der Waals surface area contributed by atoms with E-state index >= 15 is 9.59 Å². The van der Waals surface area contributed by atoms with E-state index in [2.05, 4.69) is 0 Å². The molecule has 47 heavy (non-hydrogen) atoms. The van der Waals surface area contributed by atoms with Gasteiger partial charge in [0.25, 0.3) is 11.8 Å². The van der Waals surface area contributed by atoms with Crippen LogP contribution in [0.4, 0.5) is 0 Å². The van der Waals surface area contributed by atoms with Crippen molar-refractivity contribution in [3.63, 3.8) is 0 Å². The van der Waals surface area contributed by atoms with E-state index in [9.17, 15) is 9.59 Å². The van der Waals surface area contributed by atoms with Gasteiger partial charge in [0.2, 0.25) is 0 Å². The van der Waals surface area contributed by atoms with Crippen LogP contribution < -0.4 is 0 Å². The van der Waals surface area contributed by atoms with Gasteiger partial charge in [-0.25, -0.2) is 0 Å². The maximum atomic E-state index is 15.1. The summed E-state index contributed by atoms with van der Waals surface area (Å²) in [6.45, 7) is 0. The van der Waals surface area contributed by atoms with Crippen LogP contribution >= 0.6 is 41.2 Å². The number of piperazine rings is 1. The van der Waals surface area contributed by atoms with Gasteiger partial charge in [0.05, 0.1) is 37.4 Å². The van der Waals surface area contributed by atoms with Crippen LogP contribution in [-0.4, -0.2) is 67.6 Å². The van der Waals surface area contributed by atoms with Crippen LogP contribution in [0.2, 0.25) is 0 Å². The molecule has 0 aromatic heterocycles. The molecule has 6 heterocycles. The zero-order valence-corrected chi connectivity index (χ0v) is 28.0. The topological polar surface area (TPSA) is 102 Å². The average Bonchev–Trinajstić information content (AvgIpc) is 3.52. The minimum absolute atomic E-state index is 0.0673. The summed E-state index contributed by atoms with van der Waals surface area (Å²) in [4.78, 5) is 57.2. The average molecular weight is 705 g/mol. The molecular weight excluding hydrogens is 677 g/mol. The van der Waals surface area contributed by atoms with Crippen molar-refractivity contribution in [1.82, 2.24) is 9.80 Å². The Hall–Kier alpha value is -3.52. The van der Waals surface area contributed by atoms with Gasteiger partial charge in [-0.05, 0) is 75.7 Å². The van der Waals surface area contributed by atoms with E-state index in [-0.39, 0.29) is 37.5 Å². The van der Waals surface area contributed by atoms with E-state index in [1.54, 1.807) is 28.2 Å². The third kappa shape index (κ3) is 5.13. The van der Waals surface area contributed by atoms with Crippen LogP contribution in [0.5, 0.6) is 0 Å². The molecule has 0 N–H and O–H groups in total. The highest BCUT2D eigenvalue weighted by atomic mass is 33.7. The van der Waals surface area contributed by atoms with Crippen molar-refractivity contribution in [3.8, 4) is 0 Å². The third-order valence-electron chi connectivity index (χ3n) is 9.18. The molecule has 6 aliphatic heterocycles. The lowest BCUT2D eigenvalue weighted by molar-refractivity contribution is -0.171. The molecule has 9 nitrogen and oxygen atoms in total. The molecule has 1 aliphatic carbocycles. The summed E-state index contributed by atoms with van der Waals surface area (Å²) in [5.74, 6) is -1.32. The lowest BCUT2D eigenvalue weighted by atomic mass is 9.96. The second-order valence-corrected chi connectivity index (χ2v) is 18.2. The molecule has 240 valence electrons. The molecule has 7 aliphatic rings. The number of carbonyl (C=O) groups is 4. The van der Waals surface area contributed by atoms with Crippen LogP contribution in [0.25, 0.3) is 0 Å². The Labute approximate surface area is 286 Å². The Morgan fingerprint density at radius 3 is 1.83 bits per heavy atom. The molecule has 6 atom stereocenters. The number of hydrogen-bond donors (Lipinski definition) is 0. The Morgan fingerprint density at radius 1 is 0.745 bits per heavy atom. The minimum Gasteiger partial charge on any atom is -0.473 e. The number of carbonyl (C=O) groups excluding carboxylic acids is 4. The fourth-order valence-electron chi connectivity index (χ4n) is 7.23. The van der Waals surface area contributed by atoms with Crippen LogP contribution in [0.15, 0.2) is 109 Å². The molecule has 6 unspecified atom stereocenters. The number of esters is 2. The molecule has 2 spiro atoms. The number of rotatable bonds is 6. The molecular formula is C34H28N2O7S4. The van der Waals surface area contributed by atoms with E-state index in [4.69, 9.17) is 14.2 Å². The first-order valence-electron chi connectivity index (χ1n) is 15.1. The van der Waals surface area contributed by atoms with E-state index in [0.717, 1.165) is 16.7 Å². The SMILES string of the molecule is O=C(Cc1ccccc1)OC1C=CC=C2CC34SSSSC5(CC6=COC=CC(OC(=O)Cc7ccccc7)C6N5C3=O)C(=O)N4C21. The molecule has 2 amide bonds. The van der Waals surface area contributed by atoms with Gasteiger partial charge in [-0.3, -0.25) is 19.2 Å². The zero-order chi connectivity index (χ0) is 32.2. The van der Waals surface area contributed by atoms with Gasteiger partial charge in [0, 0.05) is 12.8 Å². The van der Waals surface area contributed by atoms with Crippen molar-refractivity contribution < 1.29 is 33.4 Å². The Bertz CT molecular complexity index is 1770. The van der Waals surface area contributed by atoms with Crippen molar-refractivity contribution in [2.75, 3.05) is 0 Å². The van der Waals surface area contributed by atoms with Crippen molar-refractivity contribution >= 4 is 65.0 Å². The lowest BCUT2D eigenvalue weighted by Crippen LogP contribution is -2.74. The predicted octanol–water partition coefficient (Wildman–Crippen LogP) is 5.52.